The van der Waals surface area contributed by atoms with Crippen LogP contribution >= 0.6 is 0 Å². The molecule has 1 aromatic carbocycles. The second-order valence-corrected chi connectivity index (χ2v) is 3.59. The molecule has 0 bridgehead atoms. The Bertz CT molecular complexity index is 558. The first-order valence-corrected chi connectivity index (χ1v) is 5.10. The molecule has 2 rings (SSSR count). The number of hydrogen-bond acceptors (Lipinski definition) is 2. The van der Waals surface area contributed by atoms with Gasteiger partial charge in [0.2, 0.25) is 0 Å². The predicted molar refractivity (Wildman–Crippen MR) is 67.4 cm³/mol. The Morgan fingerprint density at radius 1 is 1.38 bits per heavy atom. The van der Waals surface area contributed by atoms with E-state index in [4.69, 9.17) is 0 Å². The highest BCUT2D eigenvalue weighted by Crippen LogP contribution is 2.32. The van der Waals surface area contributed by atoms with Crippen LogP contribution < -0.4 is 0 Å². The van der Waals surface area contributed by atoms with E-state index in [0.29, 0.717) is 6.42 Å². The van der Waals surface area contributed by atoms with Gasteiger partial charge in [-0.1, -0.05) is 18.7 Å². The van der Waals surface area contributed by atoms with Gasteiger partial charge in [0.1, 0.15) is 5.75 Å². The van der Waals surface area contributed by atoms with Crippen LogP contribution in [0.25, 0.3) is 16.8 Å². The van der Waals surface area contributed by atoms with Crippen molar-refractivity contribution in [3.63, 3.8) is 0 Å². The Kier molecular flexibility index (Phi) is 2.73. The highest BCUT2D eigenvalue weighted by Gasteiger charge is 2.09. The van der Waals surface area contributed by atoms with E-state index < -0.39 is 0 Å². The molecular weight excluding hydrogens is 198 g/mol. The number of allylic oxidation sites excluding steroid dienone is 1. The van der Waals surface area contributed by atoms with E-state index in [-0.39, 0.29) is 5.75 Å². The summed E-state index contributed by atoms with van der Waals surface area (Å²) in [5.41, 5.74) is 1.79. The Labute approximate surface area is 94.6 Å². The summed E-state index contributed by atoms with van der Waals surface area (Å²) in [6.45, 7) is 7.44. The molecule has 2 nitrogen and oxygen atoms in total. The first-order valence-electron chi connectivity index (χ1n) is 5.10. The summed E-state index contributed by atoms with van der Waals surface area (Å²) in [6, 6.07) is 3.82. The van der Waals surface area contributed by atoms with Crippen molar-refractivity contribution in [2.45, 2.75) is 6.42 Å². The quantitative estimate of drug-likeness (QED) is 0.790. The molecule has 0 unspecified atom stereocenters. The lowest BCUT2D eigenvalue weighted by molar-refractivity contribution is 0.480. The van der Waals surface area contributed by atoms with Crippen molar-refractivity contribution in [1.29, 1.82) is 0 Å². The maximum atomic E-state index is 10.1. The number of aromatic nitrogens is 1. The fourth-order valence-electron chi connectivity index (χ4n) is 1.85. The van der Waals surface area contributed by atoms with Crippen LogP contribution in [-0.2, 0) is 6.42 Å². The average Bonchev–Trinajstić information content (AvgIpc) is 2.30. The first-order chi connectivity index (χ1) is 7.77. The van der Waals surface area contributed by atoms with Gasteiger partial charge in [-0.2, -0.15) is 0 Å². The number of fused-ring (bicyclic) bond motifs is 1. The summed E-state index contributed by atoms with van der Waals surface area (Å²) >= 11 is 0. The van der Waals surface area contributed by atoms with Gasteiger partial charge in [0.15, 0.2) is 0 Å². The van der Waals surface area contributed by atoms with Crippen molar-refractivity contribution in [2.75, 3.05) is 0 Å². The zero-order valence-corrected chi connectivity index (χ0v) is 8.98. The standard InChI is InChI=1S/C14H13NO/c1-3-5-10-8-11-9-15-7-6-13(11)14(16)12(10)4-2/h3-4,6-9,16H,1-2,5H2. The topological polar surface area (TPSA) is 33.1 Å². The first kappa shape index (κ1) is 10.4. The van der Waals surface area contributed by atoms with Gasteiger partial charge in [-0.3, -0.25) is 4.98 Å². The fourth-order valence-corrected chi connectivity index (χ4v) is 1.85. The van der Waals surface area contributed by atoms with Crippen molar-refractivity contribution in [3.8, 4) is 5.75 Å². The SMILES string of the molecule is C=CCc1cc2cnccc2c(O)c1C=C. The van der Waals surface area contributed by atoms with Crippen molar-refractivity contribution in [2.24, 2.45) is 0 Å². The predicted octanol–water partition coefficient (Wildman–Crippen LogP) is 3.31. The fraction of sp³-hybridized carbons (Fsp3) is 0.0714. The lowest BCUT2D eigenvalue weighted by atomic mass is 9.98. The number of aromatic hydroxyl groups is 1. The molecule has 1 aromatic heterocycles. The third-order valence-corrected chi connectivity index (χ3v) is 2.61. The zero-order valence-electron chi connectivity index (χ0n) is 8.98. The molecule has 0 radical (unpaired) electrons. The van der Waals surface area contributed by atoms with Gasteiger partial charge >= 0.3 is 0 Å². The molecule has 0 aliphatic heterocycles. The smallest absolute Gasteiger partial charge is 0.130 e. The maximum absolute atomic E-state index is 10.1. The molecule has 80 valence electrons. The van der Waals surface area contributed by atoms with Gasteiger partial charge in [-0.25, -0.2) is 0 Å². The molecular formula is C14H13NO. The lowest BCUT2D eigenvalue weighted by Crippen LogP contribution is -1.90. The van der Waals surface area contributed by atoms with E-state index >= 15 is 0 Å². The van der Waals surface area contributed by atoms with Crippen LogP contribution in [0, 0.1) is 0 Å². The Balaban J connectivity index is 2.80. The van der Waals surface area contributed by atoms with Crippen LogP contribution in [0.3, 0.4) is 0 Å². The Morgan fingerprint density at radius 3 is 2.88 bits per heavy atom. The Hall–Kier alpha value is -2.09. The molecule has 2 aromatic rings. The highest BCUT2D eigenvalue weighted by atomic mass is 16.3. The Morgan fingerprint density at radius 2 is 2.19 bits per heavy atom. The molecule has 0 amide bonds. The molecule has 1 heterocycles. The van der Waals surface area contributed by atoms with Crippen LogP contribution in [0.5, 0.6) is 5.75 Å². The molecule has 1 N–H and O–H groups in total. The van der Waals surface area contributed by atoms with Gasteiger partial charge in [0, 0.05) is 28.7 Å². The number of benzene rings is 1. The minimum atomic E-state index is 0.270. The number of hydrogen-bond donors (Lipinski definition) is 1. The number of phenolic OH excluding ortho intramolecular Hbond substituents is 1. The second kappa shape index (κ2) is 4.19. The minimum absolute atomic E-state index is 0.270. The largest absolute Gasteiger partial charge is 0.507 e. The van der Waals surface area contributed by atoms with Crippen LogP contribution in [0.1, 0.15) is 11.1 Å². The number of nitrogens with zero attached hydrogens (tertiary/aromatic N) is 1. The van der Waals surface area contributed by atoms with E-state index in [2.05, 4.69) is 18.1 Å². The van der Waals surface area contributed by atoms with Crippen molar-refractivity contribution in [3.05, 3.63) is 54.9 Å². The van der Waals surface area contributed by atoms with E-state index in [1.807, 2.05) is 12.1 Å². The van der Waals surface area contributed by atoms with Crippen LogP contribution in [0.2, 0.25) is 0 Å². The molecule has 0 atom stereocenters. The van der Waals surface area contributed by atoms with Crippen LogP contribution in [-0.4, -0.2) is 10.1 Å². The molecule has 2 heteroatoms. The third-order valence-electron chi connectivity index (χ3n) is 2.61. The second-order valence-electron chi connectivity index (χ2n) is 3.59. The van der Waals surface area contributed by atoms with Gasteiger partial charge in [0.05, 0.1) is 0 Å². The molecule has 16 heavy (non-hydrogen) atoms. The average molecular weight is 211 g/mol. The van der Waals surface area contributed by atoms with Crippen molar-refractivity contribution in [1.82, 2.24) is 4.98 Å². The molecule has 0 fully saturated rings. The lowest BCUT2D eigenvalue weighted by Gasteiger charge is -2.09. The van der Waals surface area contributed by atoms with Gasteiger partial charge in [-0.15, -0.1) is 6.58 Å². The summed E-state index contributed by atoms with van der Waals surface area (Å²) in [5, 5.41) is 11.9. The minimum Gasteiger partial charge on any atom is -0.507 e. The highest BCUT2D eigenvalue weighted by molar-refractivity contribution is 5.92. The number of pyridine rings is 1. The van der Waals surface area contributed by atoms with E-state index in [1.54, 1.807) is 24.5 Å². The zero-order chi connectivity index (χ0) is 11.5. The normalized spacial score (nSPS) is 10.2. The molecule has 0 saturated heterocycles. The summed E-state index contributed by atoms with van der Waals surface area (Å²) in [4.78, 5) is 4.05. The van der Waals surface area contributed by atoms with E-state index in [0.717, 1.165) is 21.9 Å². The maximum Gasteiger partial charge on any atom is 0.130 e. The van der Waals surface area contributed by atoms with E-state index in [9.17, 15) is 5.11 Å². The molecule has 0 aliphatic carbocycles. The summed E-state index contributed by atoms with van der Waals surface area (Å²) in [7, 11) is 0. The van der Waals surface area contributed by atoms with Crippen molar-refractivity contribution < 1.29 is 5.11 Å². The van der Waals surface area contributed by atoms with Crippen LogP contribution in [0.15, 0.2) is 43.8 Å². The van der Waals surface area contributed by atoms with E-state index in [1.165, 1.54) is 0 Å². The van der Waals surface area contributed by atoms with Gasteiger partial charge < -0.3 is 5.11 Å². The summed E-state index contributed by atoms with van der Waals surface area (Å²) < 4.78 is 0. The molecule has 0 spiro atoms. The van der Waals surface area contributed by atoms with Crippen molar-refractivity contribution >= 4 is 16.8 Å². The summed E-state index contributed by atoms with van der Waals surface area (Å²) in [5.74, 6) is 0.270. The van der Waals surface area contributed by atoms with Gasteiger partial charge in [0.25, 0.3) is 0 Å². The van der Waals surface area contributed by atoms with Gasteiger partial charge in [-0.05, 0) is 24.1 Å². The third kappa shape index (κ3) is 1.58. The molecule has 0 aliphatic rings. The summed E-state index contributed by atoms with van der Waals surface area (Å²) in [6.07, 6.45) is 7.61. The van der Waals surface area contributed by atoms with Crippen LogP contribution in [0.4, 0.5) is 0 Å². The number of phenols is 1. The monoisotopic (exact) mass is 211 g/mol. The number of rotatable bonds is 3. The molecule has 0 saturated carbocycles.